The van der Waals surface area contributed by atoms with E-state index in [9.17, 15) is 9.59 Å². The van der Waals surface area contributed by atoms with Gasteiger partial charge in [0.05, 0.1) is 5.92 Å². The third-order valence-corrected chi connectivity index (χ3v) is 4.06. The molecule has 0 saturated carbocycles. The lowest BCUT2D eigenvalue weighted by Crippen LogP contribution is -2.40. The molecule has 0 spiro atoms. The fourth-order valence-electron chi connectivity index (χ4n) is 2.76. The van der Waals surface area contributed by atoms with Crippen LogP contribution in [0.25, 0.3) is 0 Å². The number of likely N-dealkylation sites (tertiary alicyclic amines) is 1. The van der Waals surface area contributed by atoms with Crippen molar-refractivity contribution in [3.8, 4) is 0 Å². The van der Waals surface area contributed by atoms with Crippen LogP contribution < -0.4 is 0 Å². The topological polar surface area (TPSA) is 57.6 Å². The average Bonchev–Trinajstić information content (AvgIpc) is 2.47. The van der Waals surface area contributed by atoms with Gasteiger partial charge in [-0.1, -0.05) is 30.3 Å². The Hall–Kier alpha value is -1.84. The van der Waals surface area contributed by atoms with E-state index in [0.29, 0.717) is 13.1 Å². The third-order valence-electron chi connectivity index (χ3n) is 4.06. The van der Waals surface area contributed by atoms with Crippen LogP contribution in [0.15, 0.2) is 30.3 Å². The molecule has 1 aromatic rings. The predicted molar refractivity (Wildman–Crippen MR) is 76.4 cm³/mol. The molecule has 1 fully saturated rings. The molecule has 1 heterocycles. The zero-order valence-electron chi connectivity index (χ0n) is 11.8. The van der Waals surface area contributed by atoms with Gasteiger partial charge in [-0.05, 0) is 31.2 Å². The summed E-state index contributed by atoms with van der Waals surface area (Å²) in [6.45, 7) is 3.28. The number of carboxylic acid groups (broad SMARTS) is 1. The summed E-state index contributed by atoms with van der Waals surface area (Å²) in [5.41, 5.74) is 1.03. The molecule has 20 heavy (non-hydrogen) atoms. The van der Waals surface area contributed by atoms with Gasteiger partial charge in [0.2, 0.25) is 5.91 Å². The fraction of sp³-hybridized carbons (Fsp3) is 0.500. The van der Waals surface area contributed by atoms with Crippen molar-refractivity contribution in [2.24, 2.45) is 5.92 Å². The highest BCUT2D eigenvalue weighted by Gasteiger charge is 2.27. The number of amides is 1. The number of hydrogen-bond donors (Lipinski definition) is 1. The quantitative estimate of drug-likeness (QED) is 0.918. The summed E-state index contributed by atoms with van der Waals surface area (Å²) in [4.78, 5) is 25.0. The molecule has 1 aliphatic heterocycles. The minimum Gasteiger partial charge on any atom is -0.481 e. The van der Waals surface area contributed by atoms with E-state index in [2.05, 4.69) is 0 Å². The van der Waals surface area contributed by atoms with Crippen LogP contribution in [-0.4, -0.2) is 35.0 Å². The van der Waals surface area contributed by atoms with Crippen molar-refractivity contribution in [3.63, 3.8) is 0 Å². The van der Waals surface area contributed by atoms with Gasteiger partial charge in [0.25, 0.3) is 0 Å². The van der Waals surface area contributed by atoms with Crippen LogP contribution in [0.5, 0.6) is 0 Å². The normalized spacial score (nSPS) is 17.8. The van der Waals surface area contributed by atoms with Crippen molar-refractivity contribution in [1.29, 1.82) is 0 Å². The van der Waals surface area contributed by atoms with E-state index in [-0.39, 0.29) is 24.2 Å². The Morgan fingerprint density at radius 1 is 1.25 bits per heavy atom. The summed E-state index contributed by atoms with van der Waals surface area (Å²) < 4.78 is 0. The number of nitrogens with zero attached hydrogens (tertiary/aromatic N) is 1. The largest absolute Gasteiger partial charge is 0.481 e. The van der Waals surface area contributed by atoms with E-state index in [1.165, 1.54) is 0 Å². The smallest absolute Gasteiger partial charge is 0.303 e. The summed E-state index contributed by atoms with van der Waals surface area (Å²) in [6, 6.07) is 9.77. The lowest BCUT2D eigenvalue weighted by Gasteiger charge is -2.33. The molecule has 1 amide bonds. The minimum atomic E-state index is -0.743. The zero-order chi connectivity index (χ0) is 14.5. The second-order valence-corrected chi connectivity index (χ2v) is 5.50. The molecule has 0 radical (unpaired) electrons. The van der Waals surface area contributed by atoms with E-state index < -0.39 is 5.97 Å². The number of carbonyl (C=O) groups is 2. The van der Waals surface area contributed by atoms with E-state index in [1.54, 1.807) is 0 Å². The maximum absolute atomic E-state index is 12.4. The molecule has 0 bridgehead atoms. The molecule has 4 heteroatoms. The molecule has 0 aliphatic carbocycles. The van der Waals surface area contributed by atoms with Gasteiger partial charge in [-0.3, -0.25) is 9.59 Å². The van der Waals surface area contributed by atoms with Crippen LogP contribution in [0, 0.1) is 5.92 Å². The average molecular weight is 275 g/mol. The maximum atomic E-state index is 12.4. The number of rotatable bonds is 4. The van der Waals surface area contributed by atoms with Gasteiger partial charge in [0, 0.05) is 19.5 Å². The van der Waals surface area contributed by atoms with Crippen molar-refractivity contribution < 1.29 is 14.7 Å². The molecule has 1 saturated heterocycles. The first-order valence-electron chi connectivity index (χ1n) is 7.13. The minimum absolute atomic E-state index is 0.132. The number of carbonyl (C=O) groups excluding carboxylic acids is 1. The van der Waals surface area contributed by atoms with Crippen LogP contribution in [0.3, 0.4) is 0 Å². The Labute approximate surface area is 119 Å². The van der Waals surface area contributed by atoms with E-state index in [1.807, 2.05) is 42.2 Å². The Morgan fingerprint density at radius 2 is 1.85 bits per heavy atom. The molecule has 1 aliphatic rings. The van der Waals surface area contributed by atoms with Gasteiger partial charge in [-0.15, -0.1) is 0 Å². The first-order valence-corrected chi connectivity index (χ1v) is 7.13. The number of benzene rings is 1. The molecule has 108 valence electrons. The zero-order valence-corrected chi connectivity index (χ0v) is 11.8. The number of aliphatic carboxylic acids is 1. The van der Waals surface area contributed by atoms with Crippen molar-refractivity contribution in [2.75, 3.05) is 13.1 Å². The Balaban J connectivity index is 1.90. The standard InChI is InChI=1S/C16H21NO3/c1-12(14-5-3-2-4-6-14)16(20)17-9-7-13(8-10-17)11-15(18)19/h2-6,12-13H,7-11H2,1H3,(H,18,19)/t12-/m0/s1. The molecule has 4 nitrogen and oxygen atoms in total. The summed E-state index contributed by atoms with van der Waals surface area (Å²) >= 11 is 0. The van der Waals surface area contributed by atoms with Crippen molar-refractivity contribution in [2.45, 2.75) is 32.1 Å². The third kappa shape index (κ3) is 3.59. The Bertz CT molecular complexity index is 464. The van der Waals surface area contributed by atoms with Gasteiger partial charge in [0.15, 0.2) is 0 Å². The molecule has 1 N–H and O–H groups in total. The van der Waals surface area contributed by atoms with E-state index in [4.69, 9.17) is 5.11 Å². The number of piperidine rings is 1. The molecule has 2 rings (SSSR count). The molecular formula is C16H21NO3. The van der Waals surface area contributed by atoms with E-state index in [0.717, 1.165) is 18.4 Å². The second kappa shape index (κ2) is 6.55. The van der Waals surface area contributed by atoms with Crippen molar-refractivity contribution in [1.82, 2.24) is 4.90 Å². The van der Waals surface area contributed by atoms with Gasteiger partial charge in [0.1, 0.15) is 0 Å². The summed E-state index contributed by atoms with van der Waals surface area (Å²) in [5.74, 6) is -0.520. The lowest BCUT2D eigenvalue weighted by atomic mass is 9.92. The van der Waals surface area contributed by atoms with Crippen molar-refractivity contribution in [3.05, 3.63) is 35.9 Å². The van der Waals surface area contributed by atoms with Gasteiger partial charge >= 0.3 is 5.97 Å². The molecular weight excluding hydrogens is 254 g/mol. The van der Waals surface area contributed by atoms with Crippen LogP contribution in [0.2, 0.25) is 0 Å². The van der Waals surface area contributed by atoms with Crippen molar-refractivity contribution >= 4 is 11.9 Å². The highest BCUT2D eigenvalue weighted by atomic mass is 16.4. The monoisotopic (exact) mass is 275 g/mol. The van der Waals surface area contributed by atoms with Crippen LogP contribution in [0.4, 0.5) is 0 Å². The molecule has 0 aromatic heterocycles. The van der Waals surface area contributed by atoms with Gasteiger partial charge < -0.3 is 10.0 Å². The Kier molecular flexibility index (Phi) is 4.77. The highest BCUT2D eigenvalue weighted by molar-refractivity contribution is 5.83. The molecule has 1 atom stereocenters. The Morgan fingerprint density at radius 3 is 2.40 bits per heavy atom. The summed E-state index contributed by atoms with van der Waals surface area (Å²) in [7, 11) is 0. The summed E-state index contributed by atoms with van der Waals surface area (Å²) in [5, 5.41) is 8.80. The molecule has 0 unspecified atom stereocenters. The van der Waals surface area contributed by atoms with Crippen LogP contribution in [-0.2, 0) is 9.59 Å². The SMILES string of the molecule is C[C@H](C(=O)N1CCC(CC(=O)O)CC1)c1ccccc1. The predicted octanol–water partition coefficient (Wildman–Crippen LogP) is 2.50. The number of carboxylic acids is 1. The van der Waals surface area contributed by atoms with Crippen LogP contribution >= 0.6 is 0 Å². The van der Waals surface area contributed by atoms with Gasteiger partial charge in [-0.25, -0.2) is 0 Å². The fourth-order valence-corrected chi connectivity index (χ4v) is 2.76. The maximum Gasteiger partial charge on any atom is 0.303 e. The van der Waals surface area contributed by atoms with Gasteiger partial charge in [-0.2, -0.15) is 0 Å². The lowest BCUT2D eigenvalue weighted by molar-refractivity contribution is -0.138. The number of hydrogen-bond acceptors (Lipinski definition) is 2. The second-order valence-electron chi connectivity index (χ2n) is 5.50. The summed E-state index contributed by atoms with van der Waals surface area (Å²) in [6.07, 6.45) is 1.80. The van der Waals surface area contributed by atoms with Crippen LogP contribution in [0.1, 0.15) is 37.7 Å². The first kappa shape index (κ1) is 14.6. The molecule has 1 aromatic carbocycles. The first-order chi connectivity index (χ1) is 9.58. The highest BCUT2D eigenvalue weighted by Crippen LogP contribution is 2.24. The van der Waals surface area contributed by atoms with E-state index >= 15 is 0 Å².